The molecule has 0 aromatic rings. The van der Waals surface area contributed by atoms with E-state index in [1.165, 1.54) is 0 Å². The molecule has 0 fully saturated rings. The Kier molecular flexibility index (Phi) is 7.42. The maximum atomic E-state index is 11.8. The number of aldehydes is 1. The quantitative estimate of drug-likeness (QED) is 0.510. The van der Waals surface area contributed by atoms with Gasteiger partial charge in [0.25, 0.3) is 0 Å². The summed E-state index contributed by atoms with van der Waals surface area (Å²) in [5.41, 5.74) is 0. The molecule has 0 rings (SSSR count). The zero-order valence-electron chi connectivity index (χ0n) is 10.4. The van der Waals surface area contributed by atoms with Crippen LogP contribution in [0.2, 0.25) is 0 Å². The van der Waals surface area contributed by atoms with Gasteiger partial charge in [-0.05, 0) is 26.4 Å². The van der Waals surface area contributed by atoms with Crippen LogP contribution in [0, 0.1) is 5.92 Å². The average Bonchev–Trinajstić information content (AvgIpc) is 2.16. The standard InChI is InChI=1S/C11H22N2O2S/c1-8(2)5-9(6-14)12-11(15)10(7-16)13(3)4/h6,8-10,16H,5,7H2,1-4H3,(H,12,15)/t9-,10-/m0/s1. The zero-order chi connectivity index (χ0) is 12.7. The Morgan fingerprint density at radius 1 is 1.44 bits per heavy atom. The van der Waals surface area contributed by atoms with Crippen LogP contribution in [0.3, 0.4) is 0 Å². The van der Waals surface area contributed by atoms with Crippen LogP contribution in [0.4, 0.5) is 0 Å². The normalized spacial score (nSPS) is 14.9. The molecule has 0 radical (unpaired) electrons. The Balaban J connectivity index is 4.33. The monoisotopic (exact) mass is 246 g/mol. The predicted molar refractivity (Wildman–Crippen MR) is 68.8 cm³/mol. The summed E-state index contributed by atoms with van der Waals surface area (Å²) in [7, 11) is 3.64. The van der Waals surface area contributed by atoms with E-state index in [4.69, 9.17) is 0 Å². The number of likely N-dealkylation sites (N-methyl/N-ethyl adjacent to an activating group) is 1. The third kappa shape index (κ3) is 5.51. The largest absolute Gasteiger partial charge is 0.345 e. The van der Waals surface area contributed by atoms with Gasteiger partial charge in [-0.25, -0.2) is 0 Å². The molecule has 16 heavy (non-hydrogen) atoms. The lowest BCUT2D eigenvalue weighted by atomic mass is 10.0. The van der Waals surface area contributed by atoms with Gasteiger partial charge in [-0.15, -0.1) is 0 Å². The van der Waals surface area contributed by atoms with Gasteiger partial charge in [0.2, 0.25) is 5.91 Å². The first kappa shape index (κ1) is 15.4. The Hall–Kier alpha value is -0.550. The van der Waals surface area contributed by atoms with Crippen LogP contribution in [0.5, 0.6) is 0 Å². The second-order valence-corrected chi connectivity index (χ2v) is 4.91. The van der Waals surface area contributed by atoms with Gasteiger partial charge in [-0.3, -0.25) is 9.69 Å². The second kappa shape index (κ2) is 7.68. The van der Waals surface area contributed by atoms with E-state index in [9.17, 15) is 9.59 Å². The minimum absolute atomic E-state index is 0.141. The molecule has 0 heterocycles. The van der Waals surface area contributed by atoms with Crippen molar-refractivity contribution >= 4 is 24.8 Å². The highest BCUT2D eigenvalue weighted by molar-refractivity contribution is 7.80. The van der Waals surface area contributed by atoms with E-state index < -0.39 is 6.04 Å². The molecule has 1 amide bonds. The minimum atomic E-state index is -0.394. The molecule has 0 saturated carbocycles. The van der Waals surface area contributed by atoms with Crippen LogP contribution < -0.4 is 5.32 Å². The van der Waals surface area contributed by atoms with Crippen molar-refractivity contribution in [3.63, 3.8) is 0 Å². The maximum absolute atomic E-state index is 11.8. The van der Waals surface area contributed by atoms with Crippen molar-refractivity contribution in [1.82, 2.24) is 10.2 Å². The molecule has 0 aromatic heterocycles. The van der Waals surface area contributed by atoms with Crippen LogP contribution in [0.25, 0.3) is 0 Å². The molecular formula is C11H22N2O2S. The Bertz CT molecular complexity index is 232. The van der Waals surface area contributed by atoms with Gasteiger partial charge in [-0.2, -0.15) is 12.6 Å². The topological polar surface area (TPSA) is 49.4 Å². The second-order valence-electron chi connectivity index (χ2n) is 4.54. The number of carbonyl (C=O) groups excluding carboxylic acids is 2. The van der Waals surface area contributed by atoms with E-state index in [0.717, 1.165) is 6.29 Å². The lowest BCUT2D eigenvalue weighted by Crippen LogP contribution is -2.49. The van der Waals surface area contributed by atoms with Gasteiger partial charge in [0.05, 0.1) is 12.1 Å². The summed E-state index contributed by atoms with van der Waals surface area (Å²) in [6, 6.07) is -0.687. The van der Waals surface area contributed by atoms with Crippen molar-refractivity contribution in [2.24, 2.45) is 5.92 Å². The number of hydrogen-bond donors (Lipinski definition) is 2. The Labute approximate surface area is 103 Å². The van der Waals surface area contributed by atoms with Crippen LogP contribution >= 0.6 is 12.6 Å². The van der Waals surface area contributed by atoms with Crippen LogP contribution in [0.1, 0.15) is 20.3 Å². The average molecular weight is 246 g/mol. The number of nitrogens with one attached hydrogen (secondary N) is 1. The summed E-state index contributed by atoms with van der Waals surface area (Å²) in [6.45, 7) is 4.04. The fourth-order valence-corrected chi connectivity index (χ4v) is 1.91. The van der Waals surface area contributed by atoms with Crippen molar-refractivity contribution in [3.8, 4) is 0 Å². The van der Waals surface area contributed by atoms with Crippen molar-refractivity contribution in [1.29, 1.82) is 0 Å². The van der Waals surface area contributed by atoms with Crippen molar-refractivity contribution in [2.45, 2.75) is 32.4 Å². The van der Waals surface area contributed by atoms with Gasteiger partial charge < -0.3 is 10.1 Å². The highest BCUT2D eigenvalue weighted by Crippen LogP contribution is 2.04. The summed E-state index contributed by atoms with van der Waals surface area (Å²) in [6.07, 6.45) is 1.46. The Morgan fingerprint density at radius 2 is 2.00 bits per heavy atom. The van der Waals surface area contributed by atoms with Gasteiger partial charge >= 0.3 is 0 Å². The molecule has 0 aliphatic carbocycles. The van der Waals surface area contributed by atoms with E-state index in [1.54, 1.807) is 4.90 Å². The van der Waals surface area contributed by atoms with Gasteiger partial charge in [0.1, 0.15) is 6.29 Å². The lowest BCUT2D eigenvalue weighted by Gasteiger charge is -2.24. The molecule has 0 saturated heterocycles. The van der Waals surface area contributed by atoms with Crippen molar-refractivity contribution in [2.75, 3.05) is 19.8 Å². The number of amides is 1. The van der Waals surface area contributed by atoms with Gasteiger partial charge in [-0.1, -0.05) is 13.8 Å². The van der Waals surface area contributed by atoms with Crippen LogP contribution in [-0.2, 0) is 9.59 Å². The molecule has 0 aliphatic rings. The molecule has 0 bridgehead atoms. The molecule has 0 aromatic carbocycles. The predicted octanol–water partition coefficient (Wildman–Crippen LogP) is 0.576. The van der Waals surface area contributed by atoms with Gasteiger partial charge in [0, 0.05) is 5.75 Å². The summed E-state index contributed by atoms with van der Waals surface area (Å²) < 4.78 is 0. The highest BCUT2D eigenvalue weighted by atomic mass is 32.1. The van der Waals surface area contributed by atoms with Gasteiger partial charge in [0.15, 0.2) is 0 Å². The highest BCUT2D eigenvalue weighted by Gasteiger charge is 2.22. The SMILES string of the molecule is CC(C)C[C@@H](C=O)NC(=O)[C@H](CS)N(C)C. The number of hydrogen-bond acceptors (Lipinski definition) is 4. The Morgan fingerprint density at radius 3 is 2.31 bits per heavy atom. The summed E-state index contributed by atoms with van der Waals surface area (Å²) in [5, 5.41) is 2.73. The number of carbonyl (C=O) groups is 2. The minimum Gasteiger partial charge on any atom is -0.345 e. The molecule has 2 atom stereocenters. The number of rotatable bonds is 7. The molecule has 0 spiro atoms. The fourth-order valence-electron chi connectivity index (χ4n) is 1.42. The lowest BCUT2D eigenvalue weighted by molar-refractivity contribution is -0.127. The van der Waals surface area contributed by atoms with E-state index in [2.05, 4.69) is 17.9 Å². The molecule has 5 heteroatoms. The zero-order valence-corrected chi connectivity index (χ0v) is 11.3. The van der Waals surface area contributed by atoms with E-state index >= 15 is 0 Å². The van der Waals surface area contributed by atoms with E-state index in [0.29, 0.717) is 18.1 Å². The smallest absolute Gasteiger partial charge is 0.238 e. The van der Waals surface area contributed by atoms with Crippen molar-refractivity contribution in [3.05, 3.63) is 0 Å². The van der Waals surface area contributed by atoms with E-state index in [-0.39, 0.29) is 11.9 Å². The third-order valence-electron chi connectivity index (χ3n) is 2.32. The first-order chi connectivity index (χ1) is 7.42. The molecule has 94 valence electrons. The van der Waals surface area contributed by atoms with Crippen LogP contribution in [-0.4, -0.2) is 49.0 Å². The molecular weight excluding hydrogens is 224 g/mol. The molecule has 0 aliphatic heterocycles. The summed E-state index contributed by atoms with van der Waals surface area (Å²) in [4.78, 5) is 24.4. The van der Waals surface area contributed by atoms with Crippen LogP contribution in [0.15, 0.2) is 0 Å². The first-order valence-corrected chi connectivity index (χ1v) is 6.08. The molecule has 4 nitrogen and oxygen atoms in total. The number of nitrogens with zero attached hydrogens (tertiary/aromatic N) is 1. The third-order valence-corrected chi connectivity index (χ3v) is 2.66. The molecule has 1 N–H and O–H groups in total. The van der Waals surface area contributed by atoms with Crippen molar-refractivity contribution < 1.29 is 9.59 Å². The first-order valence-electron chi connectivity index (χ1n) is 5.45. The molecule has 0 unspecified atom stereocenters. The number of thiol groups is 1. The summed E-state index contributed by atoms with van der Waals surface area (Å²) in [5.74, 6) is 0.675. The van der Waals surface area contributed by atoms with E-state index in [1.807, 2.05) is 27.9 Å². The summed E-state index contributed by atoms with van der Waals surface area (Å²) >= 11 is 4.13. The maximum Gasteiger partial charge on any atom is 0.238 e. The fraction of sp³-hybridized carbons (Fsp3) is 0.818.